The van der Waals surface area contributed by atoms with Crippen molar-refractivity contribution in [2.45, 2.75) is 134 Å². The summed E-state index contributed by atoms with van der Waals surface area (Å²) in [7, 11) is 0. The average molecular weight is 1340 g/mol. The third-order valence-corrected chi connectivity index (χ3v) is 7.58. The molecule has 0 rings (SSSR count). The average Bonchev–Trinajstić information content (AvgIpc) is 3.24. The largest absolute Gasteiger partial charge is 3.00 e. The number of carboxylic acids is 2. The predicted molar refractivity (Wildman–Crippen MR) is 232 cm³/mol. The molecule has 0 amide bonds. The molecule has 0 aromatic rings. The van der Waals surface area contributed by atoms with Crippen molar-refractivity contribution in [1.29, 1.82) is 0 Å². The first-order chi connectivity index (χ1) is 31.8. The zero-order valence-corrected chi connectivity index (χ0v) is 52.8. The fraction of sp³-hybridized carbons (Fsp3) is 0.696. The van der Waals surface area contributed by atoms with E-state index in [-0.39, 0.29) is 162 Å². The molecule has 0 heterocycles. The maximum absolute atomic E-state index is 10.3. The van der Waals surface area contributed by atoms with Gasteiger partial charge in [-0.1, -0.05) is 68.2 Å². The minimum absolute atomic E-state index is 0. The summed E-state index contributed by atoms with van der Waals surface area (Å²) in [5.74, 6) is -3.67. The van der Waals surface area contributed by atoms with E-state index in [1.165, 1.54) is 55.4 Å². The smallest absolute Gasteiger partial charge is 0.876 e. The van der Waals surface area contributed by atoms with E-state index in [2.05, 4.69) is 0 Å². The zero-order chi connectivity index (χ0) is 58.5. The third kappa shape index (κ3) is 116. The van der Waals surface area contributed by atoms with Gasteiger partial charge in [0.05, 0.1) is 0 Å². The molecule has 30 heteroatoms. The normalized spacial score (nSPS) is 10.2. The van der Waals surface area contributed by atoms with Crippen LogP contribution in [0.25, 0.3) is 0 Å². The number of hydrogen-bond acceptors (Lipinski definition) is 24. The van der Waals surface area contributed by atoms with Crippen molar-refractivity contribution in [1.82, 2.24) is 0 Å². The van der Waals surface area contributed by atoms with E-state index in [4.69, 9.17) is 41.5 Å². The Labute approximate surface area is 513 Å². The number of ketones is 4. The number of aliphatic hydroxyl groups is 2. The molecule has 0 fully saturated rings. The van der Waals surface area contributed by atoms with E-state index in [0.717, 1.165) is 38.2 Å². The molecule has 0 atom stereocenters. The van der Waals surface area contributed by atoms with Gasteiger partial charge >= 0.3 is 102 Å². The first kappa shape index (κ1) is 118. The number of allylic oxidation sites excluding steroid dienone is 8. The molecule has 0 spiro atoms. The van der Waals surface area contributed by atoms with Crippen LogP contribution in [0.3, 0.4) is 0 Å². The van der Waals surface area contributed by atoms with E-state index >= 15 is 0 Å². The summed E-state index contributed by atoms with van der Waals surface area (Å²) in [5.41, 5.74) is 6.79. The topological polar surface area (TPSA) is 518 Å². The molecule has 0 aromatic carbocycles. The van der Waals surface area contributed by atoms with Crippen LogP contribution in [0.15, 0.2) is 47.3 Å². The Morgan fingerprint density at radius 2 is 0.487 bits per heavy atom. The quantitative estimate of drug-likeness (QED) is 0.0562. The molecule has 0 saturated carbocycles. The maximum Gasteiger partial charge on any atom is 3.00 e. The summed E-state index contributed by atoms with van der Waals surface area (Å²) >= 11 is 0. The van der Waals surface area contributed by atoms with Gasteiger partial charge in [0.25, 0.3) is 0 Å². The van der Waals surface area contributed by atoms with Gasteiger partial charge in [-0.05, 0) is 101 Å². The van der Waals surface area contributed by atoms with Crippen LogP contribution in [0.1, 0.15) is 123 Å². The second-order valence-corrected chi connectivity index (χ2v) is 15.1. The van der Waals surface area contributed by atoms with E-state index in [9.17, 15) is 80.5 Å². The summed E-state index contributed by atoms with van der Waals surface area (Å²) in [6.07, 6.45) is 6.10. The molecule has 447 valence electrons. The summed E-state index contributed by atoms with van der Waals surface area (Å²) in [5, 5.41) is 156. The first-order valence-corrected chi connectivity index (χ1v) is 21.1. The number of nitrogens with two attached hydrogens (primary N) is 2. The van der Waals surface area contributed by atoms with E-state index < -0.39 is 86.7 Å². The molecule has 24 nitrogen and oxygen atoms in total. The molecule has 76 heavy (non-hydrogen) atoms. The number of hydrogen-bond donors (Lipinski definition) is 4. The molecule has 0 aliphatic rings. The summed E-state index contributed by atoms with van der Waals surface area (Å²) < 4.78 is 0. The van der Waals surface area contributed by atoms with Crippen LogP contribution in [0, 0.1) is 10.8 Å². The van der Waals surface area contributed by atoms with Gasteiger partial charge < -0.3 is 103 Å². The second kappa shape index (κ2) is 77.6. The molecular formula is C46H80Mn6N2O22+. The molecule has 6 N–H and O–H groups in total. The van der Waals surface area contributed by atoms with Crippen molar-refractivity contribution < 1.29 is 213 Å². The van der Waals surface area contributed by atoms with Gasteiger partial charge in [-0.2, -0.15) is 0 Å². The molecule has 0 aliphatic heterocycles. The summed E-state index contributed by atoms with van der Waals surface area (Å²) in [6, 6.07) is 0. The van der Waals surface area contributed by atoms with Crippen molar-refractivity contribution >= 4 is 35.1 Å². The van der Waals surface area contributed by atoms with Crippen LogP contribution in [0.2, 0.25) is 0 Å². The van der Waals surface area contributed by atoms with Gasteiger partial charge in [-0.25, -0.2) is 0 Å². The van der Waals surface area contributed by atoms with Gasteiger partial charge in [-0.3, -0.25) is 19.2 Å². The van der Waals surface area contributed by atoms with Gasteiger partial charge in [0.15, 0.2) is 23.1 Å². The van der Waals surface area contributed by atoms with Crippen molar-refractivity contribution in [3.8, 4) is 0 Å². The Hall–Kier alpha value is -1.58. The van der Waals surface area contributed by atoms with Crippen molar-refractivity contribution in [3.63, 3.8) is 0 Å². The van der Waals surface area contributed by atoms with Gasteiger partial charge in [0.1, 0.15) is 0 Å². The number of carboxylic acid groups (broad SMARTS) is 2. The molecule has 0 unspecified atom stereocenters. The minimum atomic E-state index is -1.08. The second-order valence-electron chi connectivity index (χ2n) is 15.1. The zero-order valence-electron chi connectivity index (χ0n) is 45.7. The van der Waals surface area contributed by atoms with Crippen LogP contribution >= 0.6 is 0 Å². The maximum atomic E-state index is 10.3. The molecule has 0 aliphatic carbocycles. The van der Waals surface area contributed by atoms with Crippen LogP contribution in [-0.2, 0) is 131 Å². The molecule has 0 bridgehead atoms. The van der Waals surface area contributed by atoms with Crippen molar-refractivity contribution in [3.05, 3.63) is 47.3 Å². The number of carbonyl (C=O) groups is 6. The van der Waals surface area contributed by atoms with Crippen LogP contribution in [0.4, 0.5) is 0 Å². The Balaban J connectivity index is -0.0000000375. The molecule has 0 aromatic heterocycles. The van der Waals surface area contributed by atoms with Gasteiger partial charge in [0, 0.05) is 25.2 Å². The van der Waals surface area contributed by atoms with E-state index in [1.807, 2.05) is 0 Å². The van der Waals surface area contributed by atoms with E-state index in [1.54, 1.807) is 27.7 Å². The Morgan fingerprint density at radius 1 is 0.355 bits per heavy atom. The molecule has 3 radical (unpaired) electrons. The Morgan fingerprint density at radius 3 is 0.487 bits per heavy atom. The monoisotopic (exact) mass is 1340 g/mol. The first-order valence-electron chi connectivity index (χ1n) is 21.1. The van der Waals surface area contributed by atoms with Crippen LogP contribution in [-0.4, -0.2) is 122 Å². The Kier molecular flexibility index (Phi) is 120. The Bertz CT molecular complexity index is 1220. The van der Waals surface area contributed by atoms with Gasteiger partial charge in [-0.15, -0.1) is 75.9 Å². The van der Waals surface area contributed by atoms with Crippen LogP contribution in [0.5, 0.6) is 0 Å². The fourth-order valence-electron chi connectivity index (χ4n) is 2.53. The number of aliphatic hydroxyl groups excluding tert-OH is 2. The van der Waals surface area contributed by atoms with E-state index in [0.29, 0.717) is 25.7 Å². The third-order valence-electron chi connectivity index (χ3n) is 7.58. The fourth-order valence-corrected chi connectivity index (χ4v) is 2.53. The summed E-state index contributed by atoms with van der Waals surface area (Å²) in [4.78, 5) is 57.7. The predicted octanol–water partition coefficient (Wildman–Crippen LogP) is -11.3. The number of carbonyl (C=O) groups excluding carboxylic acids is 6. The molecular weight excluding hydrogens is 1260 g/mol. The molecule has 0 saturated heterocycles. The summed E-state index contributed by atoms with van der Waals surface area (Å²) in [6.45, 7) is 15.4. The SMILES string of the molecule is CC(=O)/C=C(/C)[O-].CC(=O)/C=C(/C)[O-].CC(=O)/C=C(/C)[O-].CC(=O)/C=C(/C)[O-].CC(=O)[O-].CC(=O)[O-].CCC(C[O-])(C[O-])CO.CCC(C[O-])(C[O-])CO.CCC(N)(C[O-])C[O-].CCC(N)(C[O-])C[O-].[Mn+2].[Mn+2].[Mn+2].[Mn+3].[Mn+3].[Mn+3]. The number of aliphatic carboxylic acids is 2. The number of rotatable bonds is 18. The van der Waals surface area contributed by atoms with Crippen molar-refractivity contribution in [2.75, 3.05) is 66.1 Å². The van der Waals surface area contributed by atoms with Gasteiger partial charge in [0.2, 0.25) is 0 Å². The minimum Gasteiger partial charge on any atom is -0.876 e. The van der Waals surface area contributed by atoms with Crippen molar-refractivity contribution in [2.24, 2.45) is 22.3 Å². The standard InChI is InChI=1S/2C6H12O3.2C5H11NO2.4C5H8O2.2C2H4O2.6Mn/c2*1-2-6(3-7,4-8)5-9;2*1-2-5(6,3-7)4-8;4*1-4(6)3-5(2)7;2*1-2(3)4;;;;;;/h2*7H,2-5H2,1H3;2*2-4,6H2,1H3;4*3,6H,1-2H3;2*1H3,(H,3,4);;;;;;/q4*-2;;;;;;;3*+2;3*+3/p-6/b;;;;4*4-3-;;;;;;;;. The van der Waals surface area contributed by atoms with Crippen LogP contribution < -0.4 is 83.0 Å².